The number of hydrogen-bond acceptors (Lipinski definition) is 2. The van der Waals surface area contributed by atoms with Gasteiger partial charge in [-0.05, 0) is 0 Å². The molecule has 2 N–H and O–H groups in total. The third-order valence-electron chi connectivity index (χ3n) is 0. The molecule has 0 aliphatic heterocycles. The van der Waals surface area contributed by atoms with Gasteiger partial charge >= 0.3 is 59.3 Å². The van der Waals surface area contributed by atoms with Gasteiger partial charge in [0.25, 0.3) is 0 Å². The van der Waals surface area contributed by atoms with Gasteiger partial charge in [0, 0.05) is 17.1 Å². The van der Waals surface area contributed by atoms with E-state index in [0.29, 0.717) is 0 Å². The Balaban J connectivity index is -0.0000000133. The van der Waals surface area contributed by atoms with E-state index in [1.54, 1.807) is 0 Å². The average Bonchev–Trinajstić information content (AvgIpc) is 0.722. The van der Waals surface area contributed by atoms with Gasteiger partial charge in [0.15, 0.2) is 0 Å². The van der Waals surface area contributed by atoms with Crippen molar-refractivity contribution in [2.24, 2.45) is 0 Å². The first-order valence-electron chi connectivity index (χ1n) is 0.698. The molecule has 7 heteroatoms. The predicted octanol–water partition coefficient (Wildman–Crippen LogP) is -0.811. The molecule has 0 aromatic heterocycles. The van der Waals surface area contributed by atoms with E-state index in [0.717, 1.165) is 0 Å². The van der Waals surface area contributed by atoms with Gasteiger partial charge in [-0.15, -0.1) is 0 Å². The molecule has 0 spiro atoms. The third kappa shape index (κ3) is 73.6. The molecule has 0 saturated carbocycles. The Morgan fingerprint density at radius 1 is 1.29 bits per heavy atom. The molecule has 0 unspecified atom stereocenters. The molecule has 0 heterocycles. The summed E-state index contributed by atoms with van der Waals surface area (Å²) in [7, 11) is -4.67. The molecule has 0 aliphatic rings. The van der Waals surface area contributed by atoms with Crippen molar-refractivity contribution in [3.8, 4) is 0 Å². The molecule has 0 aromatic carbocycles. The molecule has 0 radical (unpaired) electrons. The molecule has 0 bridgehead atoms. The van der Waals surface area contributed by atoms with Crippen LogP contribution in [0.2, 0.25) is 0 Å². The fourth-order valence-electron chi connectivity index (χ4n) is 0. The maximum atomic E-state index is 8.74. The second-order valence-electron chi connectivity index (χ2n) is 0.448. The Hall–Kier alpha value is 1.96. The second kappa shape index (κ2) is 6.09. The Morgan fingerprint density at radius 2 is 1.29 bits per heavy atom. The summed E-state index contributed by atoms with van der Waals surface area (Å²) < 4.78 is 31.6. The van der Waals surface area contributed by atoms with Crippen LogP contribution >= 0.6 is 0 Å². The van der Waals surface area contributed by atoms with Gasteiger partial charge in [0.2, 0.25) is 0 Å². The van der Waals surface area contributed by atoms with Crippen molar-refractivity contribution in [3.05, 3.63) is 0 Å². The monoisotopic (exact) mass is 294 g/mol. The Bertz CT molecular complexity index is 102. The van der Waals surface area contributed by atoms with Crippen molar-refractivity contribution in [3.63, 3.8) is 0 Å². The third-order valence-corrected chi connectivity index (χ3v) is 0. The van der Waals surface area contributed by atoms with E-state index in [-0.39, 0.29) is 68.8 Å². The van der Waals surface area contributed by atoms with Crippen molar-refractivity contribution < 1.29 is 37.4 Å². The van der Waals surface area contributed by atoms with Crippen LogP contribution in [0, 0.1) is 0 Å². The summed E-state index contributed by atoms with van der Waals surface area (Å²) >= 11 is 0. The smallest absolute Gasteiger partial charge is 1.00 e. The van der Waals surface area contributed by atoms with E-state index >= 15 is 0 Å². The van der Waals surface area contributed by atoms with Crippen molar-refractivity contribution >= 4 is 59.3 Å². The Morgan fingerprint density at radius 3 is 1.29 bits per heavy atom. The van der Waals surface area contributed by atoms with Crippen molar-refractivity contribution in [1.82, 2.24) is 0 Å². The quantitative estimate of drug-likeness (QED) is 0.452. The molecule has 4 nitrogen and oxygen atoms in total. The molecule has 0 aliphatic carbocycles. The second-order valence-corrected chi connectivity index (χ2v) is 1.34. The normalized spacial score (nSPS) is 8.29. The molecule has 7 heavy (non-hydrogen) atoms. The van der Waals surface area contributed by atoms with Gasteiger partial charge in [-0.25, -0.2) is 0 Å². The zero-order valence-corrected chi connectivity index (χ0v) is 9.54. The van der Waals surface area contributed by atoms with Gasteiger partial charge in [-0.2, -0.15) is 8.42 Å². The summed E-state index contributed by atoms with van der Waals surface area (Å²) in [5.74, 6) is 0. The molecule has 44 valence electrons. The van der Waals surface area contributed by atoms with Crippen molar-refractivity contribution in [2.45, 2.75) is 0 Å². The zero-order valence-electron chi connectivity index (χ0n) is 5.18. The predicted molar refractivity (Wildman–Crippen MR) is 22.2 cm³/mol. The summed E-state index contributed by atoms with van der Waals surface area (Å²) in [5.41, 5.74) is 0. The van der Waals surface area contributed by atoms with Crippen LogP contribution in [-0.2, 0) is 27.5 Å². The molecule has 0 atom stereocenters. The van der Waals surface area contributed by atoms with Crippen LogP contribution < -0.4 is 0 Å². The van der Waals surface area contributed by atoms with Crippen LogP contribution in [0.4, 0.5) is 0 Å². The van der Waals surface area contributed by atoms with E-state index in [9.17, 15) is 0 Å². The van der Waals surface area contributed by atoms with Crippen LogP contribution in [0.15, 0.2) is 0 Å². The molecule has 0 saturated heterocycles. The van der Waals surface area contributed by atoms with Crippen LogP contribution in [0.1, 0.15) is 2.85 Å². The average molecular weight is 293 g/mol. The molecule has 0 amide bonds. The summed E-state index contributed by atoms with van der Waals surface area (Å²) in [4.78, 5) is 0. The van der Waals surface area contributed by atoms with Gasteiger partial charge in [-0.3, -0.25) is 9.11 Å². The summed E-state index contributed by atoms with van der Waals surface area (Å²) in [5, 5.41) is 0. The van der Waals surface area contributed by atoms with E-state index in [4.69, 9.17) is 17.5 Å². The molecule has 0 rings (SSSR count). The van der Waals surface area contributed by atoms with Crippen LogP contribution in [0.3, 0.4) is 0 Å². The van der Waals surface area contributed by atoms with Crippen molar-refractivity contribution in [1.29, 1.82) is 0 Å². The molecular weight excluding hydrogens is 289 g/mol. The largest absolute Gasteiger partial charge is 2.00 e. The van der Waals surface area contributed by atoms with Crippen LogP contribution in [0.25, 0.3) is 0 Å². The number of rotatable bonds is 0. The molecular formula is H4BaFeO4S. The van der Waals surface area contributed by atoms with Crippen molar-refractivity contribution in [2.75, 3.05) is 0 Å². The topological polar surface area (TPSA) is 74.6 Å². The minimum atomic E-state index is -4.67. The Kier molecular flexibility index (Phi) is 13.9. The SMILES string of the molecule is O=S(=O)(O)O.[Ba+2].[Fe].[H-].[H-]. The maximum absolute atomic E-state index is 8.74. The van der Waals surface area contributed by atoms with Gasteiger partial charge in [0.05, 0.1) is 0 Å². The van der Waals surface area contributed by atoms with E-state index in [1.807, 2.05) is 0 Å². The standard InChI is InChI=1S/Ba.Fe.H2O4S.2H/c;;1-5(2,3)4;;/h;;(H2,1,2,3,4);;/q+2;;;2*-1. The first-order valence-corrected chi connectivity index (χ1v) is 2.10. The fraction of sp³-hybridized carbons (Fsp3) is 0. The van der Waals surface area contributed by atoms with Crippen LogP contribution in [0.5, 0.6) is 0 Å². The first kappa shape index (κ1) is 16.0. The maximum Gasteiger partial charge on any atom is 2.00 e. The van der Waals surface area contributed by atoms with E-state index in [1.165, 1.54) is 0 Å². The van der Waals surface area contributed by atoms with Gasteiger partial charge < -0.3 is 2.85 Å². The summed E-state index contributed by atoms with van der Waals surface area (Å²) in [6, 6.07) is 0. The number of hydrogen-bond donors (Lipinski definition) is 2. The first-order chi connectivity index (χ1) is 2.00. The zero-order chi connectivity index (χ0) is 4.50. The van der Waals surface area contributed by atoms with E-state index < -0.39 is 10.4 Å². The van der Waals surface area contributed by atoms with Gasteiger partial charge in [0.1, 0.15) is 0 Å². The minimum Gasteiger partial charge on any atom is -1.00 e. The van der Waals surface area contributed by atoms with Crippen LogP contribution in [-0.4, -0.2) is 66.4 Å². The van der Waals surface area contributed by atoms with Gasteiger partial charge in [-0.1, -0.05) is 0 Å². The molecule has 0 aromatic rings. The fourth-order valence-corrected chi connectivity index (χ4v) is 0. The molecule has 0 fully saturated rings. The minimum absolute atomic E-state index is 0. The Labute approximate surface area is 95.1 Å². The van der Waals surface area contributed by atoms with E-state index in [2.05, 4.69) is 0 Å². The summed E-state index contributed by atoms with van der Waals surface area (Å²) in [6.07, 6.45) is 0. The summed E-state index contributed by atoms with van der Waals surface area (Å²) in [6.45, 7) is 0.